The Kier molecular flexibility index (Phi) is 7.29. The number of anilines is 3. The minimum absolute atomic E-state index is 0.477. The number of nitrogens with zero attached hydrogens (tertiary/aromatic N) is 2. The molecule has 12 aromatic rings. The number of para-hydroxylation sites is 2. The molecule has 14 rings (SSSR count). The van der Waals surface area contributed by atoms with Gasteiger partial charge in [0.25, 0.3) is 0 Å². The SMILES string of the molecule is c1ccc(-c2ccc(N(c3ccc4c(c3)C3(c5ccccc5-c5ccccc53)c3ccccc3-4)c3cc4oc5cc(-c6nc7ccccc7o6)ccc5c4c4ccccc34)cc2)cc1. The van der Waals surface area contributed by atoms with Crippen LogP contribution in [-0.2, 0) is 5.41 Å². The minimum atomic E-state index is -0.477. The van der Waals surface area contributed by atoms with E-state index in [1.807, 2.05) is 24.3 Å². The van der Waals surface area contributed by atoms with Crippen molar-refractivity contribution in [2.45, 2.75) is 5.41 Å². The molecule has 0 aliphatic heterocycles. The molecule has 4 nitrogen and oxygen atoms in total. The van der Waals surface area contributed by atoms with E-state index >= 15 is 0 Å². The van der Waals surface area contributed by atoms with Crippen LogP contribution in [0, 0.1) is 0 Å². The van der Waals surface area contributed by atoms with Gasteiger partial charge in [-0.25, -0.2) is 4.98 Å². The lowest BCUT2D eigenvalue weighted by atomic mass is 9.70. The fraction of sp³-hybridized carbons (Fsp3) is 0.0167. The van der Waals surface area contributed by atoms with Gasteiger partial charge in [-0.15, -0.1) is 0 Å². The summed E-state index contributed by atoms with van der Waals surface area (Å²) in [5.74, 6) is 0.572. The van der Waals surface area contributed by atoms with E-state index in [0.717, 1.165) is 66.4 Å². The molecule has 0 amide bonds. The molecule has 0 bridgehead atoms. The van der Waals surface area contributed by atoms with Gasteiger partial charge in [0.15, 0.2) is 5.58 Å². The van der Waals surface area contributed by atoms with Gasteiger partial charge in [0.05, 0.1) is 11.1 Å². The first kappa shape index (κ1) is 35.2. The first-order chi connectivity index (χ1) is 31.7. The zero-order chi connectivity index (χ0) is 41.9. The van der Waals surface area contributed by atoms with Crippen molar-refractivity contribution in [2.24, 2.45) is 0 Å². The molecule has 1 spiro atoms. The summed E-state index contributed by atoms with van der Waals surface area (Å²) in [6, 6.07) is 78.8. The third kappa shape index (κ3) is 4.85. The molecule has 2 aliphatic carbocycles. The number of benzene rings is 10. The van der Waals surface area contributed by atoms with E-state index in [-0.39, 0.29) is 0 Å². The second kappa shape index (κ2) is 13.3. The monoisotopic (exact) mass is 816 g/mol. The quantitative estimate of drug-likeness (QED) is 0.174. The third-order valence-corrected chi connectivity index (χ3v) is 13.7. The van der Waals surface area contributed by atoms with Crippen molar-refractivity contribution in [3.05, 3.63) is 241 Å². The van der Waals surface area contributed by atoms with Crippen molar-refractivity contribution in [2.75, 3.05) is 4.90 Å². The van der Waals surface area contributed by atoms with Gasteiger partial charge in [0.1, 0.15) is 16.7 Å². The minimum Gasteiger partial charge on any atom is -0.456 e. The Bertz CT molecular complexity index is 3760. The van der Waals surface area contributed by atoms with Crippen LogP contribution in [0.25, 0.3) is 88.6 Å². The average molecular weight is 817 g/mol. The van der Waals surface area contributed by atoms with Crippen LogP contribution in [0.2, 0.25) is 0 Å². The fourth-order valence-corrected chi connectivity index (χ4v) is 11.0. The summed E-state index contributed by atoms with van der Waals surface area (Å²) in [7, 11) is 0. The average Bonchev–Trinajstić information content (AvgIpc) is 4.11. The maximum atomic E-state index is 6.91. The van der Waals surface area contributed by atoms with Gasteiger partial charge in [-0.05, 0) is 116 Å². The molecule has 0 radical (unpaired) electrons. The maximum Gasteiger partial charge on any atom is 0.227 e. The number of aromatic nitrogens is 1. The molecule has 0 unspecified atom stereocenters. The van der Waals surface area contributed by atoms with E-state index < -0.39 is 5.41 Å². The lowest BCUT2D eigenvalue weighted by Crippen LogP contribution is -2.26. The molecule has 4 heteroatoms. The first-order valence-electron chi connectivity index (χ1n) is 21.9. The number of furan rings is 1. The Morgan fingerprint density at radius 3 is 1.66 bits per heavy atom. The smallest absolute Gasteiger partial charge is 0.227 e. The van der Waals surface area contributed by atoms with Gasteiger partial charge in [0.2, 0.25) is 5.89 Å². The highest BCUT2D eigenvalue weighted by atomic mass is 16.3. The van der Waals surface area contributed by atoms with Crippen LogP contribution in [0.3, 0.4) is 0 Å². The number of oxazole rings is 1. The summed E-state index contributed by atoms with van der Waals surface area (Å²) in [4.78, 5) is 7.23. The van der Waals surface area contributed by atoms with Gasteiger partial charge in [-0.3, -0.25) is 0 Å². The Morgan fingerprint density at radius 2 is 0.938 bits per heavy atom. The highest BCUT2D eigenvalue weighted by Crippen LogP contribution is 2.63. The molecule has 2 aliphatic rings. The molecular weight excluding hydrogens is 781 g/mol. The number of hydrogen-bond acceptors (Lipinski definition) is 4. The van der Waals surface area contributed by atoms with Crippen LogP contribution in [0.5, 0.6) is 0 Å². The maximum absolute atomic E-state index is 6.91. The van der Waals surface area contributed by atoms with Crippen LogP contribution >= 0.6 is 0 Å². The van der Waals surface area contributed by atoms with Crippen molar-refractivity contribution in [3.8, 4) is 44.8 Å². The van der Waals surface area contributed by atoms with Crippen molar-refractivity contribution in [1.29, 1.82) is 0 Å². The number of fused-ring (bicyclic) bond motifs is 16. The Morgan fingerprint density at radius 1 is 0.359 bits per heavy atom. The Labute approximate surface area is 368 Å². The third-order valence-electron chi connectivity index (χ3n) is 13.7. The zero-order valence-corrected chi connectivity index (χ0v) is 34.5. The zero-order valence-electron chi connectivity index (χ0n) is 34.5. The summed E-state index contributed by atoms with van der Waals surface area (Å²) in [6.45, 7) is 0. The number of rotatable bonds is 5. The largest absolute Gasteiger partial charge is 0.456 e. The highest BCUT2D eigenvalue weighted by molar-refractivity contribution is 6.22. The summed E-state index contributed by atoms with van der Waals surface area (Å²) in [6.07, 6.45) is 0. The molecule has 0 saturated carbocycles. The molecule has 10 aromatic carbocycles. The normalized spacial score (nSPS) is 13.1. The molecule has 298 valence electrons. The second-order valence-electron chi connectivity index (χ2n) is 17.0. The van der Waals surface area contributed by atoms with E-state index in [9.17, 15) is 0 Å². The van der Waals surface area contributed by atoms with E-state index in [1.165, 1.54) is 55.6 Å². The van der Waals surface area contributed by atoms with Gasteiger partial charge >= 0.3 is 0 Å². The van der Waals surface area contributed by atoms with Crippen molar-refractivity contribution >= 4 is 60.9 Å². The molecule has 2 heterocycles. The van der Waals surface area contributed by atoms with Crippen LogP contribution < -0.4 is 4.90 Å². The summed E-state index contributed by atoms with van der Waals surface area (Å²) in [5.41, 5.74) is 19.5. The van der Waals surface area contributed by atoms with Gasteiger partial charge in [-0.1, -0.05) is 158 Å². The first-order valence-corrected chi connectivity index (χ1v) is 21.9. The molecule has 0 atom stereocenters. The summed E-state index contributed by atoms with van der Waals surface area (Å²) < 4.78 is 13.1. The molecular formula is C60H36N2O2. The standard InChI is InChI=1S/C60H36N2O2/c1-2-14-37(15-3-1)38-26-29-40(30-27-38)62(41-31-33-45-44-18-8-11-23-51(44)60(52(45)35-41)49-21-9-6-16-42(49)43-17-7-10-22-50(43)60)54-36-57-58(47-20-5-4-19-46(47)54)48-32-28-39(34-56(48)63-57)59-61-53-24-12-13-25-55(53)64-59/h1-36H. The van der Waals surface area contributed by atoms with Crippen molar-refractivity contribution in [3.63, 3.8) is 0 Å². The van der Waals surface area contributed by atoms with Crippen molar-refractivity contribution < 1.29 is 8.83 Å². The van der Waals surface area contributed by atoms with Crippen LogP contribution in [0.4, 0.5) is 17.1 Å². The molecule has 2 aromatic heterocycles. The van der Waals surface area contributed by atoms with Gasteiger partial charge in [-0.2, -0.15) is 0 Å². The predicted octanol–water partition coefficient (Wildman–Crippen LogP) is 16.0. The van der Waals surface area contributed by atoms with E-state index in [4.69, 9.17) is 13.8 Å². The van der Waals surface area contributed by atoms with Crippen LogP contribution in [0.15, 0.2) is 227 Å². The van der Waals surface area contributed by atoms with Gasteiger partial charge in [0, 0.05) is 39.2 Å². The molecule has 0 N–H and O–H groups in total. The Balaban J connectivity index is 1.02. The molecule has 64 heavy (non-hydrogen) atoms. The lowest BCUT2D eigenvalue weighted by molar-refractivity contribution is 0.619. The van der Waals surface area contributed by atoms with Gasteiger partial charge < -0.3 is 13.7 Å². The topological polar surface area (TPSA) is 42.4 Å². The summed E-state index contributed by atoms with van der Waals surface area (Å²) in [5, 5.41) is 4.38. The molecule has 0 saturated heterocycles. The molecule has 0 fully saturated rings. The number of hydrogen-bond donors (Lipinski definition) is 0. The fourth-order valence-electron chi connectivity index (χ4n) is 11.0. The van der Waals surface area contributed by atoms with E-state index in [2.05, 4.69) is 199 Å². The van der Waals surface area contributed by atoms with E-state index in [0.29, 0.717) is 5.89 Å². The second-order valence-corrected chi connectivity index (χ2v) is 17.0. The van der Waals surface area contributed by atoms with Crippen LogP contribution in [0.1, 0.15) is 22.3 Å². The van der Waals surface area contributed by atoms with Crippen LogP contribution in [-0.4, -0.2) is 4.98 Å². The Hall–Kier alpha value is -8.47. The van der Waals surface area contributed by atoms with Crippen molar-refractivity contribution in [1.82, 2.24) is 4.98 Å². The highest BCUT2D eigenvalue weighted by Gasteiger charge is 2.51. The lowest BCUT2D eigenvalue weighted by Gasteiger charge is -2.32. The summed E-state index contributed by atoms with van der Waals surface area (Å²) >= 11 is 0. The van der Waals surface area contributed by atoms with E-state index in [1.54, 1.807) is 0 Å². The predicted molar refractivity (Wildman–Crippen MR) is 261 cm³/mol.